The number of nitrogens with zero attached hydrogens (tertiary/aromatic N) is 3. The fraction of sp³-hybridized carbons (Fsp3) is 0.389. The van der Waals surface area contributed by atoms with Crippen molar-refractivity contribution in [1.82, 2.24) is 19.5 Å². The number of pyridine rings is 1. The summed E-state index contributed by atoms with van der Waals surface area (Å²) in [6, 6.07) is 1.90. The molecule has 3 N–H and O–H groups in total. The van der Waals surface area contributed by atoms with Gasteiger partial charge in [-0.3, -0.25) is 5.41 Å². The van der Waals surface area contributed by atoms with Crippen molar-refractivity contribution in [3.05, 3.63) is 35.4 Å². The van der Waals surface area contributed by atoms with E-state index in [0.29, 0.717) is 17.2 Å². The summed E-state index contributed by atoms with van der Waals surface area (Å²) in [6.45, 7) is 1.97. The van der Waals surface area contributed by atoms with Crippen LogP contribution in [0.25, 0.3) is 22.1 Å². The molecule has 2 aliphatic rings. The second kappa shape index (κ2) is 5.08. The number of rotatable bonds is 2. The number of aromatic amines is 1. The van der Waals surface area contributed by atoms with E-state index >= 15 is 0 Å². The molecule has 7 nitrogen and oxygen atoms in total. The van der Waals surface area contributed by atoms with Crippen LogP contribution in [0, 0.1) is 23.7 Å². The number of hydrogen-bond acceptors (Lipinski definition) is 5. The van der Waals surface area contributed by atoms with Gasteiger partial charge in [0.05, 0.1) is 30.5 Å². The molecule has 0 saturated heterocycles. The third-order valence-corrected chi connectivity index (χ3v) is 6.19. The molecular formula is C18H18ClN5O2. The number of aliphatic hydroxyl groups excluding tert-OH is 1. The number of fused-ring (bicyclic) bond motifs is 4. The van der Waals surface area contributed by atoms with Gasteiger partial charge in [0.25, 0.3) is 0 Å². The van der Waals surface area contributed by atoms with Gasteiger partial charge >= 0.3 is 0 Å². The van der Waals surface area contributed by atoms with Crippen molar-refractivity contribution in [2.24, 2.45) is 11.3 Å². The first-order valence-corrected chi connectivity index (χ1v) is 8.87. The standard InChI is InChI=1S/C18H18ClN5O2/c1-8-5-9-13(22-8)14-16(23-15(9)19)24(7-21-14)11-6-12(25)18(17(20)26-2)4-3-10(11)18/h3-5,7,10-12,20,22,25H,6H2,1-2H3/t10-,11+,12+,18+/m1/s1. The molecule has 5 rings (SSSR count). The number of aromatic nitrogens is 4. The van der Waals surface area contributed by atoms with Crippen LogP contribution in [0.15, 0.2) is 24.5 Å². The number of nitrogens with one attached hydrogen (secondary N) is 2. The zero-order chi connectivity index (χ0) is 18.2. The van der Waals surface area contributed by atoms with Crippen LogP contribution in [-0.2, 0) is 4.74 Å². The van der Waals surface area contributed by atoms with Crippen LogP contribution >= 0.6 is 11.6 Å². The fourth-order valence-electron chi connectivity index (χ4n) is 4.58. The Hall–Kier alpha value is -2.38. The molecule has 0 unspecified atom stereocenters. The van der Waals surface area contributed by atoms with Gasteiger partial charge in [-0.2, -0.15) is 0 Å². The fourth-order valence-corrected chi connectivity index (χ4v) is 4.81. The minimum absolute atomic E-state index is 0.0380. The maximum Gasteiger partial charge on any atom is 0.193 e. The highest BCUT2D eigenvalue weighted by Gasteiger charge is 2.61. The molecule has 3 heterocycles. The molecule has 3 aromatic heterocycles. The van der Waals surface area contributed by atoms with E-state index in [2.05, 4.69) is 15.0 Å². The molecule has 8 heteroatoms. The van der Waals surface area contributed by atoms with Crippen LogP contribution < -0.4 is 0 Å². The topological polar surface area (TPSA) is 99.8 Å². The second-order valence-electron chi connectivity index (χ2n) is 7.14. The van der Waals surface area contributed by atoms with Gasteiger partial charge in [0, 0.05) is 23.0 Å². The van der Waals surface area contributed by atoms with Crippen LogP contribution in [0.1, 0.15) is 18.2 Å². The Kier molecular flexibility index (Phi) is 3.10. The number of allylic oxidation sites excluding steroid dienone is 1. The third-order valence-electron chi connectivity index (χ3n) is 5.90. The lowest BCUT2D eigenvalue weighted by molar-refractivity contribution is 0.0894. The van der Waals surface area contributed by atoms with Gasteiger partial charge in [0.2, 0.25) is 0 Å². The molecule has 1 fully saturated rings. The van der Waals surface area contributed by atoms with Gasteiger partial charge in [-0.25, -0.2) is 9.97 Å². The molecule has 0 amide bonds. The van der Waals surface area contributed by atoms with Crippen molar-refractivity contribution >= 4 is 39.6 Å². The number of ether oxygens (including phenoxy) is 1. The van der Waals surface area contributed by atoms with Gasteiger partial charge in [0.15, 0.2) is 11.5 Å². The number of imidazole rings is 1. The number of methoxy groups -OCH3 is 1. The lowest BCUT2D eigenvalue weighted by atomic mass is 9.67. The largest absolute Gasteiger partial charge is 0.484 e. The van der Waals surface area contributed by atoms with Crippen molar-refractivity contribution < 1.29 is 9.84 Å². The number of aliphatic hydroxyl groups is 1. The molecule has 0 bridgehead atoms. The first-order valence-electron chi connectivity index (χ1n) is 8.49. The van der Waals surface area contributed by atoms with Crippen LogP contribution in [0.5, 0.6) is 0 Å². The smallest absolute Gasteiger partial charge is 0.193 e. The Morgan fingerprint density at radius 1 is 1.54 bits per heavy atom. The Bertz CT molecular complexity index is 1100. The van der Waals surface area contributed by atoms with Gasteiger partial charge in [-0.1, -0.05) is 23.8 Å². The summed E-state index contributed by atoms with van der Waals surface area (Å²) in [5, 5.41) is 20.1. The lowest BCUT2D eigenvalue weighted by Crippen LogP contribution is -2.47. The van der Waals surface area contributed by atoms with Crippen molar-refractivity contribution in [1.29, 1.82) is 5.41 Å². The number of hydrogen-bond donors (Lipinski definition) is 3. The molecule has 0 spiro atoms. The first-order chi connectivity index (χ1) is 12.5. The molecule has 1 saturated carbocycles. The van der Waals surface area contributed by atoms with Crippen molar-refractivity contribution in [2.45, 2.75) is 25.5 Å². The van der Waals surface area contributed by atoms with E-state index in [4.69, 9.17) is 21.7 Å². The molecule has 3 aromatic rings. The zero-order valence-corrected chi connectivity index (χ0v) is 15.1. The average molecular weight is 372 g/mol. The molecule has 26 heavy (non-hydrogen) atoms. The van der Waals surface area contributed by atoms with Crippen LogP contribution in [0.2, 0.25) is 5.15 Å². The Labute approximate surface area is 154 Å². The quantitative estimate of drug-likeness (QED) is 0.279. The highest BCUT2D eigenvalue weighted by molar-refractivity contribution is 6.35. The summed E-state index contributed by atoms with van der Waals surface area (Å²) in [7, 11) is 1.47. The van der Waals surface area contributed by atoms with Gasteiger partial charge in [-0.05, 0) is 19.4 Å². The Balaban J connectivity index is 1.67. The monoisotopic (exact) mass is 371 g/mol. The zero-order valence-electron chi connectivity index (χ0n) is 14.3. The summed E-state index contributed by atoms with van der Waals surface area (Å²) in [6.07, 6.45) is 5.47. The van der Waals surface area contributed by atoms with Gasteiger partial charge in [0.1, 0.15) is 10.7 Å². The summed E-state index contributed by atoms with van der Waals surface area (Å²) >= 11 is 6.40. The highest BCUT2D eigenvalue weighted by Crippen LogP contribution is 2.58. The molecule has 134 valence electrons. The first kappa shape index (κ1) is 15.8. The van der Waals surface area contributed by atoms with E-state index < -0.39 is 11.5 Å². The van der Waals surface area contributed by atoms with Crippen molar-refractivity contribution in [2.75, 3.05) is 7.11 Å². The van der Waals surface area contributed by atoms with E-state index in [1.807, 2.05) is 29.7 Å². The highest BCUT2D eigenvalue weighted by atomic mass is 35.5. The molecule has 2 aliphatic carbocycles. The number of H-pyrrole nitrogens is 1. The van der Waals surface area contributed by atoms with E-state index in [1.165, 1.54) is 7.11 Å². The summed E-state index contributed by atoms with van der Waals surface area (Å²) in [5.74, 6) is 0.0572. The summed E-state index contributed by atoms with van der Waals surface area (Å²) in [4.78, 5) is 12.4. The molecular weight excluding hydrogens is 354 g/mol. The Morgan fingerprint density at radius 2 is 2.35 bits per heavy atom. The van der Waals surface area contributed by atoms with E-state index in [1.54, 1.807) is 6.33 Å². The third kappa shape index (κ3) is 1.74. The summed E-state index contributed by atoms with van der Waals surface area (Å²) < 4.78 is 7.14. The minimum Gasteiger partial charge on any atom is -0.484 e. The summed E-state index contributed by atoms with van der Waals surface area (Å²) in [5.41, 5.74) is 2.55. The molecule has 4 atom stereocenters. The second-order valence-corrected chi connectivity index (χ2v) is 7.50. The molecule has 0 aliphatic heterocycles. The van der Waals surface area contributed by atoms with Gasteiger partial charge < -0.3 is 19.4 Å². The SMILES string of the molecule is COC(=N)[C@@]12C=C[C@@H]1[C@@H](n1cnc3c4[nH]c(C)cc4c(Cl)nc31)C[C@@H]2O. The molecule has 0 radical (unpaired) electrons. The van der Waals surface area contributed by atoms with Gasteiger partial charge in [-0.15, -0.1) is 0 Å². The normalized spacial score (nSPS) is 29.9. The number of aryl methyl sites for hydroxylation is 1. The maximum atomic E-state index is 10.7. The van der Waals surface area contributed by atoms with E-state index in [-0.39, 0.29) is 17.9 Å². The predicted molar refractivity (Wildman–Crippen MR) is 98.6 cm³/mol. The van der Waals surface area contributed by atoms with Crippen LogP contribution in [0.4, 0.5) is 0 Å². The Morgan fingerprint density at radius 3 is 3.04 bits per heavy atom. The number of halogens is 1. The average Bonchev–Trinajstić information content (AvgIpc) is 3.21. The van der Waals surface area contributed by atoms with Crippen LogP contribution in [0.3, 0.4) is 0 Å². The van der Waals surface area contributed by atoms with Crippen molar-refractivity contribution in [3.63, 3.8) is 0 Å². The minimum atomic E-state index is -0.757. The van der Waals surface area contributed by atoms with Crippen molar-refractivity contribution in [3.8, 4) is 0 Å². The lowest BCUT2D eigenvalue weighted by Gasteiger charge is -2.41. The van der Waals surface area contributed by atoms with E-state index in [9.17, 15) is 5.11 Å². The molecule has 0 aromatic carbocycles. The predicted octanol–water partition coefficient (Wildman–Crippen LogP) is 2.98. The van der Waals surface area contributed by atoms with Crippen LogP contribution in [-0.4, -0.2) is 43.7 Å². The van der Waals surface area contributed by atoms with E-state index in [0.717, 1.165) is 22.1 Å². The maximum absolute atomic E-state index is 10.7.